The van der Waals surface area contributed by atoms with Crippen LogP contribution < -0.4 is 15.8 Å². The number of morpholine rings is 1. The maximum atomic E-state index is 14.5. The number of aromatic nitrogens is 2. The number of halogens is 4. The molecule has 0 radical (unpaired) electrons. The van der Waals surface area contributed by atoms with Gasteiger partial charge in [0, 0.05) is 24.6 Å². The molecule has 6 atom stereocenters. The molecule has 0 bridgehead atoms. The van der Waals surface area contributed by atoms with Gasteiger partial charge in [-0.3, -0.25) is 5.43 Å². The normalized spacial score (nSPS) is 35.0. The Balaban J connectivity index is 1.50. The first-order valence-electron chi connectivity index (χ1n) is 10.3. The van der Waals surface area contributed by atoms with Gasteiger partial charge in [0.15, 0.2) is 6.10 Å². The highest BCUT2D eigenvalue weighted by Gasteiger charge is 2.47. The van der Waals surface area contributed by atoms with Gasteiger partial charge in [-0.15, -0.1) is 0 Å². The van der Waals surface area contributed by atoms with Gasteiger partial charge < -0.3 is 14.4 Å². The molecule has 2 N–H and O–H groups in total. The molecular formula is C19H27F4N5O2. The molecular weight excluding hydrogens is 406 g/mol. The second-order valence-electron chi connectivity index (χ2n) is 8.40. The number of hydrogen-bond acceptors (Lipinski definition) is 7. The maximum Gasteiger partial charge on any atom is 0.416 e. The zero-order valence-corrected chi connectivity index (χ0v) is 16.9. The molecule has 6 unspecified atom stereocenters. The fraction of sp³-hybridized carbons (Fsp3) is 0.789. The van der Waals surface area contributed by atoms with Crippen molar-refractivity contribution in [2.24, 2.45) is 5.92 Å². The Labute approximate surface area is 172 Å². The van der Waals surface area contributed by atoms with Crippen LogP contribution in [-0.4, -0.2) is 66.4 Å². The quantitative estimate of drug-likeness (QED) is 0.706. The molecule has 1 aromatic heterocycles. The van der Waals surface area contributed by atoms with Gasteiger partial charge in [-0.1, -0.05) is 0 Å². The van der Waals surface area contributed by atoms with Crippen molar-refractivity contribution in [3.8, 4) is 0 Å². The lowest BCUT2D eigenvalue weighted by atomic mass is 9.78. The Bertz CT molecular complexity index is 737. The molecule has 7 nitrogen and oxygen atoms in total. The minimum absolute atomic E-state index is 0.0243. The molecule has 2 aliphatic heterocycles. The average molecular weight is 433 g/mol. The summed E-state index contributed by atoms with van der Waals surface area (Å²) in [4.78, 5) is 10.1. The Morgan fingerprint density at radius 1 is 1.23 bits per heavy atom. The van der Waals surface area contributed by atoms with Gasteiger partial charge in [-0.2, -0.15) is 13.2 Å². The average Bonchev–Trinajstić information content (AvgIpc) is 3.10. The van der Waals surface area contributed by atoms with Crippen molar-refractivity contribution in [3.05, 3.63) is 18.1 Å². The number of ether oxygens (including phenoxy) is 2. The highest BCUT2D eigenvalue weighted by Crippen LogP contribution is 2.40. The number of hydrazine groups is 1. The van der Waals surface area contributed by atoms with E-state index in [2.05, 4.69) is 20.8 Å². The number of alkyl halides is 4. The van der Waals surface area contributed by atoms with Gasteiger partial charge in [0.1, 0.15) is 18.3 Å². The fourth-order valence-corrected chi connectivity index (χ4v) is 4.53. The monoisotopic (exact) mass is 433 g/mol. The minimum Gasteiger partial charge on any atom is -0.373 e. The minimum atomic E-state index is -4.42. The molecule has 3 fully saturated rings. The molecule has 3 heterocycles. The van der Waals surface area contributed by atoms with Crippen molar-refractivity contribution in [3.63, 3.8) is 0 Å². The summed E-state index contributed by atoms with van der Waals surface area (Å²) in [6, 6.07) is 1.44. The molecule has 0 spiro atoms. The maximum absolute atomic E-state index is 14.5. The van der Waals surface area contributed by atoms with Crippen molar-refractivity contribution in [2.75, 3.05) is 24.6 Å². The van der Waals surface area contributed by atoms with Crippen LogP contribution in [0.2, 0.25) is 0 Å². The smallest absolute Gasteiger partial charge is 0.373 e. The Hall–Kier alpha value is -1.56. The van der Waals surface area contributed by atoms with Crippen molar-refractivity contribution in [1.82, 2.24) is 20.8 Å². The van der Waals surface area contributed by atoms with Gasteiger partial charge in [0.25, 0.3) is 0 Å². The van der Waals surface area contributed by atoms with Crippen LogP contribution >= 0.6 is 0 Å². The summed E-state index contributed by atoms with van der Waals surface area (Å²) < 4.78 is 64.3. The third-order valence-corrected chi connectivity index (χ3v) is 5.95. The molecule has 2 saturated heterocycles. The summed E-state index contributed by atoms with van der Waals surface area (Å²) in [6.45, 7) is 3.75. The summed E-state index contributed by atoms with van der Waals surface area (Å²) in [5.74, 6) is 0.480. The molecule has 11 heteroatoms. The van der Waals surface area contributed by atoms with Gasteiger partial charge in [-0.25, -0.2) is 19.8 Å². The predicted octanol–water partition coefficient (Wildman–Crippen LogP) is 2.30. The van der Waals surface area contributed by atoms with Crippen LogP contribution in [0.5, 0.6) is 0 Å². The molecule has 4 rings (SSSR count). The van der Waals surface area contributed by atoms with Crippen LogP contribution in [0.25, 0.3) is 0 Å². The van der Waals surface area contributed by atoms with Crippen LogP contribution in [0.1, 0.15) is 38.4 Å². The Morgan fingerprint density at radius 2 is 2.03 bits per heavy atom. The second kappa shape index (κ2) is 8.52. The molecule has 1 saturated carbocycles. The number of rotatable bonds is 4. The first-order chi connectivity index (χ1) is 14.2. The van der Waals surface area contributed by atoms with E-state index >= 15 is 0 Å². The first kappa shape index (κ1) is 21.7. The molecule has 0 aromatic carbocycles. The van der Waals surface area contributed by atoms with Gasteiger partial charge in [0.05, 0.1) is 37.1 Å². The highest BCUT2D eigenvalue weighted by atomic mass is 19.4. The van der Waals surface area contributed by atoms with E-state index in [4.69, 9.17) is 9.47 Å². The van der Waals surface area contributed by atoms with Crippen molar-refractivity contribution < 1.29 is 27.0 Å². The summed E-state index contributed by atoms with van der Waals surface area (Å²) >= 11 is 0. The lowest BCUT2D eigenvalue weighted by Crippen LogP contribution is -2.49. The third kappa shape index (κ3) is 4.53. The molecule has 3 aliphatic rings. The zero-order valence-electron chi connectivity index (χ0n) is 16.9. The SMILES string of the molecule is CC(C)OC1CC2C(CC1F)NNC2c1cc(N2CCOC(C(F)(F)F)C2)ncn1. The van der Waals surface area contributed by atoms with Gasteiger partial charge in [-0.05, 0) is 26.7 Å². The number of nitrogens with zero attached hydrogens (tertiary/aromatic N) is 3. The predicted molar refractivity (Wildman–Crippen MR) is 100 cm³/mol. The summed E-state index contributed by atoms with van der Waals surface area (Å²) in [5.41, 5.74) is 7.00. The van der Waals surface area contributed by atoms with Gasteiger partial charge in [0.2, 0.25) is 0 Å². The van der Waals surface area contributed by atoms with E-state index in [0.717, 1.165) is 0 Å². The van der Waals surface area contributed by atoms with E-state index in [1.54, 1.807) is 11.0 Å². The van der Waals surface area contributed by atoms with E-state index in [1.165, 1.54) is 6.33 Å². The van der Waals surface area contributed by atoms with E-state index in [9.17, 15) is 17.6 Å². The van der Waals surface area contributed by atoms with Crippen molar-refractivity contribution in [2.45, 2.75) is 69.4 Å². The van der Waals surface area contributed by atoms with Crippen molar-refractivity contribution in [1.29, 1.82) is 0 Å². The first-order valence-corrected chi connectivity index (χ1v) is 10.3. The summed E-state index contributed by atoms with van der Waals surface area (Å²) in [7, 11) is 0. The van der Waals surface area contributed by atoms with E-state index in [-0.39, 0.29) is 37.3 Å². The van der Waals surface area contributed by atoms with Crippen LogP contribution in [0.15, 0.2) is 12.4 Å². The molecule has 1 aliphatic carbocycles. The van der Waals surface area contributed by atoms with E-state index < -0.39 is 24.6 Å². The van der Waals surface area contributed by atoms with Crippen LogP contribution in [-0.2, 0) is 9.47 Å². The van der Waals surface area contributed by atoms with Crippen molar-refractivity contribution >= 4 is 5.82 Å². The lowest BCUT2D eigenvalue weighted by Gasteiger charge is -2.36. The third-order valence-electron chi connectivity index (χ3n) is 5.95. The van der Waals surface area contributed by atoms with Gasteiger partial charge >= 0.3 is 6.18 Å². The number of nitrogens with one attached hydrogen (secondary N) is 2. The number of hydrogen-bond donors (Lipinski definition) is 2. The molecule has 30 heavy (non-hydrogen) atoms. The lowest BCUT2D eigenvalue weighted by molar-refractivity contribution is -0.221. The van der Waals surface area contributed by atoms with Crippen LogP contribution in [0.3, 0.4) is 0 Å². The number of anilines is 1. The topological polar surface area (TPSA) is 71.5 Å². The molecule has 168 valence electrons. The molecule has 0 amide bonds. The van der Waals surface area contributed by atoms with Crippen LogP contribution in [0.4, 0.5) is 23.4 Å². The zero-order chi connectivity index (χ0) is 21.5. The highest BCUT2D eigenvalue weighted by molar-refractivity contribution is 5.40. The largest absolute Gasteiger partial charge is 0.416 e. The fourth-order valence-electron chi connectivity index (χ4n) is 4.53. The Kier molecular flexibility index (Phi) is 6.16. The van der Waals surface area contributed by atoms with E-state index in [1.807, 2.05) is 13.8 Å². The second-order valence-corrected chi connectivity index (χ2v) is 8.40. The van der Waals surface area contributed by atoms with E-state index in [0.29, 0.717) is 30.9 Å². The standard InChI is InChI=1S/C19H27F4N5O2/c1-10(2)30-15-5-11-13(6-12(15)20)26-27-18(11)14-7-17(25-9-24-14)28-3-4-29-16(8-28)19(21,22)23/h7,9-13,15-16,18,26-27H,3-6,8H2,1-2H3. The summed E-state index contributed by atoms with van der Waals surface area (Å²) in [5, 5.41) is 0. The Morgan fingerprint density at radius 3 is 2.77 bits per heavy atom. The number of fused-ring (bicyclic) bond motifs is 1. The molecule has 1 aromatic rings. The summed E-state index contributed by atoms with van der Waals surface area (Å²) in [6.07, 6.45) is -5.63. The van der Waals surface area contributed by atoms with Crippen LogP contribution in [0, 0.1) is 5.92 Å².